The van der Waals surface area contributed by atoms with Gasteiger partial charge in [0.1, 0.15) is 0 Å². The van der Waals surface area contributed by atoms with E-state index in [4.69, 9.17) is 0 Å². The van der Waals surface area contributed by atoms with Crippen LogP contribution in [0.4, 0.5) is 0 Å². The lowest BCUT2D eigenvalue weighted by atomic mass is 9.91. The number of hydrogen-bond donors (Lipinski definition) is 0. The molecule has 0 aliphatic carbocycles. The second-order valence-corrected chi connectivity index (χ2v) is 4.02. The second-order valence-electron chi connectivity index (χ2n) is 4.02. The van der Waals surface area contributed by atoms with Gasteiger partial charge in [0.2, 0.25) is 0 Å². The highest BCUT2D eigenvalue weighted by Crippen LogP contribution is 2.24. The standard InChI is InChI=1S/C14H20/c1-5-8-14-12(6-2)9-7-10-13(14)11(3)4/h6-7,9-11H,2,5,8H2,1,3-4H3. The van der Waals surface area contributed by atoms with Crippen LogP contribution in [0.1, 0.15) is 49.8 Å². The molecule has 0 fully saturated rings. The Labute approximate surface area is 87.7 Å². The van der Waals surface area contributed by atoms with E-state index in [2.05, 4.69) is 45.5 Å². The second kappa shape index (κ2) is 4.99. The predicted octanol–water partition coefficient (Wildman–Crippen LogP) is 4.41. The van der Waals surface area contributed by atoms with Crippen molar-refractivity contribution in [3.63, 3.8) is 0 Å². The first-order valence-electron chi connectivity index (χ1n) is 5.44. The van der Waals surface area contributed by atoms with Crippen molar-refractivity contribution in [3.8, 4) is 0 Å². The molecule has 0 amide bonds. The van der Waals surface area contributed by atoms with Gasteiger partial charge in [-0.2, -0.15) is 0 Å². The molecule has 0 bridgehead atoms. The minimum absolute atomic E-state index is 0.608. The maximum absolute atomic E-state index is 3.87. The summed E-state index contributed by atoms with van der Waals surface area (Å²) in [6.45, 7) is 10.6. The number of hydrogen-bond acceptors (Lipinski definition) is 0. The van der Waals surface area contributed by atoms with Gasteiger partial charge < -0.3 is 0 Å². The van der Waals surface area contributed by atoms with Crippen LogP contribution in [0.25, 0.3) is 6.08 Å². The van der Waals surface area contributed by atoms with Crippen LogP contribution in [0.2, 0.25) is 0 Å². The third kappa shape index (κ3) is 2.25. The maximum atomic E-state index is 3.87. The largest absolute Gasteiger partial charge is 0.0985 e. The molecule has 0 heteroatoms. The molecule has 14 heavy (non-hydrogen) atoms. The van der Waals surface area contributed by atoms with E-state index in [9.17, 15) is 0 Å². The zero-order valence-corrected chi connectivity index (χ0v) is 9.51. The van der Waals surface area contributed by atoms with Gasteiger partial charge in [0.05, 0.1) is 0 Å². The monoisotopic (exact) mass is 188 g/mol. The molecule has 0 nitrogen and oxygen atoms in total. The molecule has 0 heterocycles. The Morgan fingerprint density at radius 2 is 2.07 bits per heavy atom. The van der Waals surface area contributed by atoms with Crippen LogP contribution in [0.5, 0.6) is 0 Å². The van der Waals surface area contributed by atoms with Crippen molar-refractivity contribution >= 4 is 6.08 Å². The summed E-state index contributed by atoms with van der Waals surface area (Å²) in [5, 5.41) is 0. The molecule has 0 aromatic heterocycles. The van der Waals surface area contributed by atoms with Crippen molar-refractivity contribution in [2.75, 3.05) is 0 Å². The lowest BCUT2D eigenvalue weighted by molar-refractivity contribution is 0.819. The summed E-state index contributed by atoms with van der Waals surface area (Å²) in [5.74, 6) is 0.608. The van der Waals surface area contributed by atoms with E-state index in [0.717, 1.165) is 6.42 Å². The van der Waals surface area contributed by atoms with Crippen LogP contribution in [0, 0.1) is 0 Å². The van der Waals surface area contributed by atoms with Gasteiger partial charge in [0.15, 0.2) is 0 Å². The lowest BCUT2D eigenvalue weighted by Crippen LogP contribution is -1.98. The molecule has 0 spiro atoms. The van der Waals surface area contributed by atoms with Crippen molar-refractivity contribution in [3.05, 3.63) is 41.5 Å². The van der Waals surface area contributed by atoms with Crippen molar-refractivity contribution in [1.82, 2.24) is 0 Å². The molecule has 0 atom stereocenters. The molecule has 1 aromatic carbocycles. The maximum Gasteiger partial charge on any atom is -0.0216 e. The Morgan fingerprint density at radius 1 is 1.36 bits per heavy atom. The zero-order chi connectivity index (χ0) is 10.6. The van der Waals surface area contributed by atoms with Crippen LogP contribution in [-0.2, 0) is 6.42 Å². The Kier molecular flexibility index (Phi) is 3.94. The summed E-state index contributed by atoms with van der Waals surface area (Å²) in [5.41, 5.74) is 4.27. The lowest BCUT2D eigenvalue weighted by Gasteiger charge is -2.14. The van der Waals surface area contributed by atoms with Crippen molar-refractivity contribution in [2.24, 2.45) is 0 Å². The average Bonchev–Trinajstić information content (AvgIpc) is 2.18. The Bertz CT molecular complexity index is 308. The third-order valence-corrected chi connectivity index (χ3v) is 2.59. The molecule has 0 radical (unpaired) electrons. The van der Waals surface area contributed by atoms with Crippen molar-refractivity contribution in [1.29, 1.82) is 0 Å². The molecule has 0 aliphatic heterocycles. The van der Waals surface area contributed by atoms with E-state index >= 15 is 0 Å². The fourth-order valence-electron chi connectivity index (χ4n) is 1.89. The van der Waals surface area contributed by atoms with Crippen molar-refractivity contribution < 1.29 is 0 Å². The molecule has 1 aromatic rings. The number of benzene rings is 1. The summed E-state index contributed by atoms with van der Waals surface area (Å²) in [6.07, 6.45) is 4.33. The highest BCUT2D eigenvalue weighted by atomic mass is 14.1. The van der Waals surface area contributed by atoms with E-state index in [1.807, 2.05) is 6.08 Å². The highest BCUT2D eigenvalue weighted by Gasteiger charge is 2.08. The van der Waals surface area contributed by atoms with Gasteiger partial charge in [0.25, 0.3) is 0 Å². The van der Waals surface area contributed by atoms with Crippen LogP contribution < -0.4 is 0 Å². The topological polar surface area (TPSA) is 0 Å². The highest BCUT2D eigenvalue weighted by molar-refractivity contribution is 5.55. The van der Waals surface area contributed by atoms with Gasteiger partial charge in [0, 0.05) is 0 Å². The first-order valence-corrected chi connectivity index (χ1v) is 5.44. The van der Waals surface area contributed by atoms with Gasteiger partial charge in [-0.3, -0.25) is 0 Å². The molecule has 0 aliphatic rings. The molecule has 0 saturated carbocycles. The first kappa shape index (κ1) is 11.0. The van der Waals surface area contributed by atoms with Gasteiger partial charge in [-0.05, 0) is 29.0 Å². The van der Waals surface area contributed by atoms with E-state index in [-0.39, 0.29) is 0 Å². The quantitative estimate of drug-likeness (QED) is 0.656. The molecule has 0 N–H and O–H groups in total. The third-order valence-electron chi connectivity index (χ3n) is 2.59. The zero-order valence-electron chi connectivity index (χ0n) is 9.51. The number of rotatable bonds is 4. The Hall–Kier alpha value is -1.04. The van der Waals surface area contributed by atoms with E-state index < -0.39 is 0 Å². The minimum atomic E-state index is 0.608. The summed E-state index contributed by atoms with van der Waals surface area (Å²) >= 11 is 0. The predicted molar refractivity (Wildman–Crippen MR) is 64.6 cm³/mol. The molecular weight excluding hydrogens is 168 g/mol. The van der Waals surface area contributed by atoms with Crippen LogP contribution in [0.3, 0.4) is 0 Å². The molecule has 76 valence electrons. The molecule has 1 rings (SSSR count). The summed E-state index contributed by atoms with van der Waals surface area (Å²) in [7, 11) is 0. The SMILES string of the molecule is C=Cc1cccc(C(C)C)c1CCC. The van der Waals surface area contributed by atoms with E-state index in [0.29, 0.717) is 5.92 Å². The summed E-state index contributed by atoms with van der Waals surface area (Å²) < 4.78 is 0. The van der Waals surface area contributed by atoms with Crippen LogP contribution in [0.15, 0.2) is 24.8 Å². The van der Waals surface area contributed by atoms with E-state index in [1.165, 1.54) is 23.1 Å². The fraction of sp³-hybridized carbons (Fsp3) is 0.429. The van der Waals surface area contributed by atoms with Gasteiger partial charge in [-0.25, -0.2) is 0 Å². The summed E-state index contributed by atoms with van der Waals surface area (Å²) in [4.78, 5) is 0. The molecule has 0 unspecified atom stereocenters. The summed E-state index contributed by atoms with van der Waals surface area (Å²) in [6, 6.07) is 6.53. The average molecular weight is 188 g/mol. The van der Waals surface area contributed by atoms with Gasteiger partial charge >= 0.3 is 0 Å². The normalized spacial score (nSPS) is 10.6. The minimum Gasteiger partial charge on any atom is -0.0985 e. The van der Waals surface area contributed by atoms with Gasteiger partial charge in [-0.15, -0.1) is 0 Å². The van der Waals surface area contributed by atoms with Gasteiger partial charge in [-0.1, -0.05) is 58.0 Å². The van der Waals surface area contributed by atoms with E-state index in [1.54, 1.807) is 0 Å². The molecule has 0 saturated heterocycles. The fourth-order valence-corrected chi connectivity index (χ4v) is 1.89. The molecular formula is C14H20. The Morgan fingerprint density at radius 3 is 2.57 bits per heavy atom. The Balaban J connectivity index is 3.20. The first-order chi connectivity index (χ1) is 6.70. The van der Waals surface area contributed by atoms with Crippen LogP contribution >= 0.6 is 0 Å². The van der Waals surface area contributed by atoms with Crippen molar-refractivity contribution in [2.45, 2.75) is 39.5 Å². The van der Waals surface area contributed by atoms with Crippen LogP contribution in [-0.4, -0.2) is 0 Å². The smallest absolute Gasteiger partial charge is 0.0216 e.